The summed E-state index contributed by atoms with van der Waals surface area (Å²) in [6.45, 7) is 0.507. The van der Waals surface area contributed by atoms with Crippen LogP contribution in [0.1, 0.15) is 28.1 Å². The van der Waals surface area contributed by atoms with Gasteiger partial charge in [-0.05, 0) is 36.4 Å². The average Bonchev–Trinajstić information content (AvgIpc) is 3.41. The number of carbonyl (C=O) groups excluding carboxylic acids is 2. The number of allylic oxidation sites excluding steroid dienone is 1. The molecule has 1 saturated heterocycles. The zero-order chi connectivity index (χ0) is 18.8. The molecule has 2 aliphatic heterocycles. The van der Waals surface area contributed by atoms with E-state index >= 15 is 0 Å². The summed E-state index contributed by atoms with van der Waals surface area (Å²) in [5, 5.41) is 11.3. The number of ether oxygens (including phenoxy) is 2. The van der Waals surface area contributed by atoms with Gasteiger partial charge in [0.2, 0.25) is 5.78 Å². The Hall–Kier alpha value is -2.64. The first-order valence-electron chi connectivity index (χ1n) is 8.80. The van der Waals surface area contributed by atoms with Crippen LogP contribution in [0.4, 0.5) is 0 Å². The second kappa shape index (κ2) is 7.54. The van der Waals surface area contributed by atoms with Crippen molar-refractivity contribution in [2.75, 3.05) is 19.8 Å². The van der Waals surface area contributed by atoms with Crippen molar-refractivity contribution in [1.82, 2.24) is 4.90 Å². The van der Waals surface area contributed by atoms with Crippen molar-refractivity contribution in [3.05, 3.63) is 51.9 Å². The van der Waals surface area contributed by atoms with Gasteiger partial charge >= 0.3 is 0 Å². The van der Waals surface area contributed by atoms with Crippen LogP contribution in [0.3, 0.4) is 0 Å². The normalized spacial score (nSPS) is 20.0. The zero-order valence-corrected chi connectivity index (χ0v) is 15.4. The van der Waals surface area contributed by atoms with E-state index in [0.717, 1.165) is 17.7 Å². The van der Waals surface area contributed by atoms with Gasteiger partial charge in [0.1, 0.15) is 11.5 Å². The summed E-state index contributed by atoms with van der Waals surface area (Å²) >= 11 is 1.53. The van der Waals surface area contributed by atoms with E-state index in [4.69, 9.17) is 9.47 Å². The highest BCUT2D eigenvalue weighted by Crippen LogP contribution is 2.35. The van der Waals surface area contributed by atoms with E-state index in [0.29, 0.717) is 23.6 Å². The lowest BCUT2D eigenvalue weighted by atomic mass is 10.1. The summed E-state index contributed by atoms with van der Waals surface area (Å²) in [6.07, 6.45) is 3.43. The number of benzene rings is 1. The van der Waals surface area contributed by atoms with E-state index in [2.05, 4.69) is 0 Å². The van der Waals surface area contributed by atoms with Crippen LogP contribution in [-0.4, -0.2) is 47.5 Å². The summed E-state index contributed by atoms with van der Waals surface area (Å²) in [5.74, 6) is 0.865. The van der Waals surface area contributed by atoms with Crippen LogP contribution < -0.4 is 9.47 Å². The molecule has 0 spiro atoms. The van der Waals surface area contributed by atoms with E-state index in [1.54, 1.807) is 29.2 Å². The zero-order valence-electron chi connectivity index (χ0n) is 14.6. The Bertz CT molecular complexity index is 890. The van der Waals surface area contributed by atoms with E-state index < -0.39 is 0 Å². The van der Waals surface area contributed by atoms with E-state index in [1.807, 2.05) is 17.5 Å². The van der Waals surface area contributed by atoms with E-state index in [1.165, 1.54) is 11.3 Å². The van der Waals surface area contributed by atoms with Crippen LogP contribution in [-0.2, 0) is 4.79 Å². The van der Waals surface area contributed by atoms with Crippen LogP contribution in [0.2, 0.25) is 0 Å². The number of hydrogen-bond donors (Lipinski definition) is 1. The molecule has 1 atom stereocenters. The molecule has 0 aliphatic carbocycles. The van der Waals surface area contributed by atoms with Crippen LogP contribution in [0, 0.1) is 0 Å². The van der Waals surface area contributed by atoms with Gasteiger partial charge in [0.05, 0.1) is 18.2 Å². The first-order chi connectivity index (χ1) is 13.2. The number of likely N-dealkylation sites (tertiary alicyclic amines) is 1. The van der Waals surface area contributed by atoms with Crippen molar-refractivity contribution in [2.45, 2.75) is 18.9 Å². The van der Waals surface area contributed by atoms with Gasteiger partial charge in [-0.1, -0.05) is 6.07 Å². The number of amides is 1. The third-order valence-corrected chi connectivity index (χ3v) is 5.55. The first-order valence-corrected chi connectivity index (χ1v) is 9.68. The smallest absolute Gasteiger partial charge is 0.260 e. The molecule has 2 aliphatic rings. The number of aliphatic hydroxyl groups excluding tert-OH is 1. The molecule has 1 N–H and O–H groups in total. The number of aliphatic hydroxyl groups is 1. The van der Waals surface area contributed by atoms with Gasteiger partial charge in [-0.3, -0.25) is 9.59 Å². The number of ketones is 1. The Morgan fingerprint density at radius 3 is 3.07 bits per heavy atom. The summed E-state index contributed by atoms with van der Waals surface area (Å²) in [7, 11) is 0. The van der Waals surface area contributed by atoms with Crippen molar-refractivity contribution in [3.8, 4) is 11.5 Å². The molecular weight excluding hydrogens is 366 g/mol. The molecule has 1 aromatic heterocycles. The van der Waals surface area contributed by atoms with Gasteiger partial charge in [0.15, 0.2) is 12.4 Å². The van der Waals surface area contributed by atoms with Gasteiger partial charge in [-0.15, -0.1) is 11.3 Å². The fourth-order valence-electron chi connectivity index (χ4n) is 3.34. The average molecular weight is 385 g/mol. The van der Waals surface area contributed by atoms with Gasteiger partial charge in [-0.2, -0.15) is 0 Å². The number of Topliss-reactive ketones (excluding diaryl/α,β-unsaturated/α-hetero) is 1. The highest BCUT2D eigenvalue weighted by atomic mass is 32.1. The molecule has 1 aromatic carbocycles. The molecule has 6 nitrogen and oxygen atoms in total. The third-order valence-electron chi connectivity index (χ3n) is 4.73. The summed E-state index contributed by atoms with van der Waals surface area (Å²) in [4.78, 5) is 27.3. The molecule has 1 amide bonds. The molecule has 1 fully saturated rings. The Balaban J connectivity index is 1.43. The predicted molar refractivity (Wildman–Crippen MR) is 101 cm³/mol. The number of rotatable bonds is 5. The second-order valence-electron chi connectivity index (χ2n) is 6.47. The highest BCUT2D eigenvalue weighted by molar-refractivity contribution is 7.10. The molecule has 0 bridgehead atoms. The fraction of sp³-hybridized carbons (Fsp3) is 0.300. The molecule has 3 heterocycles. The quantitative estimate of drug-likeness (QED) is 0.801. The van der Waals surface area contributed by atoms with E-state index in [9.17, 15) is 14.7 Å². The Morgan fingerprint density at radius 2 is 2.30 bits per heavy atom. The molecule has 27 heavy (non-hydrogen) atoms. The van der Waals surface area contributed by atoms with Crippen LogP contribution in [0.15, 0.2) is 41.5 Å². The molecule has 140 valence electrons. The third kappa shape index (κ3) is 3.61. The molecule has 0 saturated carbocycles. The lowest BCUT2D eigenvalue weighted by Crippen LogP contribution is -2.40. The second-order valence-corrected chi connectivity index (χ2v) is 7.45. The predicted octanol–water partition coefficient (Wildman–Crippen LogP) is 2.73. The largest absolute Gasteiger partial charge is 0.484 e. The maximum atomic E-state index is 12.4. The maximum Gasteiger partial charge on any atom is 0.260 e. The van der Waals surface area contributed by atoms with Crippen molar-refractivity contribution in [1.29, 1.82) is 0 Å². The molecule has 7 heteroatoms. The number of hydrogen-bond acceptors (Lipinski definition) is 6. The Kier molecular flexibility index (Phi) is 4.96. The highest BCUT2D eigenvalue weighted by Gasteiger charge is 2.29. The van der Waals surface area contributed by atoms with Gasteiger partial charge in [0, 0.05) is 23.6 Å². The van der Waals surface area contributed by atoms with Crippen molar-refractivity contribution >= 4 is 29.1 Å². The van der Waals surface area contributed by atoms with Crippen LogP contribution >= 0.6 is 11.3 Å². The molecule has 4 rings (SSSR count). The van der Waals surface area contributed by atoms with Gasteiger partial charge < -0.3 is 19.5 Å². The Labute approximate surface area is 160 Å². The molecule has 0 radical (unpaired) electrons. The van der Waals surface area contributed by atoms with Gasteiger partial charge in [0.25, 0.3) is 5.91 Å². The van der Waals surface area contributed by atoms with Crippen molar-refractivity contribution in [3.63, 3.8) is 0 Å². The standard InChI is InChI=1S/C20H19NO5S/c22-11-13-3-1-7-21(13)19(23)12-25-14-5-6-16-17(9-14)26-18(20(16)24)10-15-4-2-8-27-15/h2,4-6,8-10,13,22H,1,3,7,11-12H2. The summed E-state index contributed by atoms with van der Waals surface area (Å²) < 4.78 is 11.3. The summed E-state index contributed by atoms with van der Waals surface area (Å²) in [5.41, 5.74) is 0.483. The number of carbonyl (C=O) groups is 2. The lowest BCUT2D eigenvalue weighted by Gasteiger charge is -2.22. The van der Waals surface area contributed by atoms with Crippen molar-refractivity contribution < 1.29 is 24.2 Å². The number of fused-ring (bicyclic) bond motifs is 1. The number of thiophene rings is 1. The van der Waals surface area contributed by atoms with E-state index in [-0.39, 0.29) is 36.7 Å². The minimum atomic E-state index is -0.163. The fourth-order valence-corrected chi connectivity index (χ4v) is 3.99. The maximum absolute atomic E-state index is 12.4. The minimum absolute atomic E-state index is 0.0279. The number of nitrogens with zero attached hydrogens (tertiary/aromatic N) is 1. The SMILES string of the molecule is O=C1C(=Cc2cccs2)Oc2cc(OCC(=O)N3CCCC3CO)ccc21. The Morgan fingerprint density at radius 1 is 1.41 bits per heavy atom. The first kappa shape index (κ1) is 17.8. The molecule has 1 unspecified atom stereocenters. The van der Waals surface area contributed by atoms with Crippen LogP contribution in [0.25, 0.3) is 6.08 Å². The monoisotopic (exact) mass is 385 g/mol. The molecule has 2 aromatic rings. The lowest BCUT2D eigenvalue weighted by molar-refractivity contribution is -0.134. The van der Waals surface area contributed by atoms with Crippen LogP contribution in [0.5, 0.6) is 11.5 Å². The van der Waals surface area contributed by atoms with Gasteiger partial charge in [-0.25, -0.2) is 0 Å². The van der Waals surface area contributed by atoms with Crippen molar-refractivity contribution in [2.24, 2.45) is 0 Å². The molecular formula is C20H19NO5S. The summed E-state index contributed by atoms with van der Waals surface area (Å²) in [6, 6.07) is 8.65. The minimum Gasteiger partial charge on any atom is -0.484 e. The topological polar surface area (TPSA) is 76.1 Å².